The van der Waals surface area contributed by atoms with E-state index in [1.54, 1.807) is 20.8 Å². The highest BCUT2D eigenvalue weighted by atomic mass is 19.4. The lowest BCUT2D eigenvalue weighted by Gasteiger charge is -2.30. The van der Waals surface area contributed by atoms with Gasteiger partial charge in [-0.25, -0.2) is 18.6 Å². The summed E-state index contributed by atoms with van der Waals surface area (Å²) in [5.74, 6) is -1.56. The number of nitriles is 1. The van der Waals surface area contributed by atoms with Crippen molar-refractivity contribution in [2.45, 2.75) is 70.7 Å². The molecule has 2 aromatic heterocycles. The van der Waals surface area contributed by atoms with Gasteiger partial charge in [0.05, 0.1) is 23.5 Å². The first-order chi connectivity index (χ1) is 17.1. The van der Waals surface area contributed by atoms with Crippen molar-refractivity contribution < 1.29 is 36.3 Å². The van der Waals surface area contributed by atoms with Gasteiger partial charge in [0.1, 0.15) is 29.7 Å². The van der Waals surface area contributed by atoms with E-state index in [1.165, 1.54) is 19.1 Å². The topological polar surface area (TPSA) is 108 Å². The zero-order valence-corrected chi connectivity index (χ0v) is 20.4. The van der Waals surface area contributed by atoms with E-state index in [0.717, 1.165) is 23.4 Å². The lowest BCUT2D eigenvalue weighted by molar-refractivity contribution is -0.141. The molecule has 0 bridgehead atoms. The van der Waals surface area contributed by atoms with Crippen molar-refractivity contribution in [2.75, 3.05) is 0 Å². The number of carbonyl (C=O) groups excluding carboxylic acids is 2. The number of hydrogen-bond acceptors (Lipinski definition) is 6. The van der Waals surface area contributed by atoms with Crippen molar-refractivity contribution in [3.63, 3.8) is 0 Å². The Labute approximate surface area is 209 Å². The number of pyridine rings is 2. The number of alkyl halides is 4. The molecule has 198 valence electrons. The number of likely N-dealkylation sites (tertiary alicyclic amines) is 1. The highest BCUT2D eigenvalue weighted by molar-refractivity contribution is 5.86. The summed E-state index contributed by atoms with van der Waals surface area (Å²) in [6, 6.07) is 1.43. The third-order valence-electron chi connectivity index (χ3n) is 5.61. The zero-order chi connectivity index (χ0) is 27.7. The van der Waals surface area contributed by atoms with Crippen LogP contribution in [0, 0.1) is 17.1 Å². The van der Waals surface area contributed by atoms with E-state index in [9.17, 15) is 31.5 Å². The Morgan fingerprint density at radius 2 is 1.89 bits per heavy atom. The van der Waals surface area contributed by atoms with Gasteiger partial charge >= 0.3 is 12.3 Å². The minimum atomic E-state index is -4.83. The molecule has 0 aliphatic carbocycles. The van der Waals surface area contributed by atoms with Crippen molar-refractivity contribution in [3.8, 4) is 17.3 Å². The van der Waals surface area contributed by atoms with E-state index in [4.69, 9.17) is 10.00 Å². The number of carbonyl (C=O) groups is 2. The number of ether oxygens (including phenoxy) is 1. The largest absolute Gasteiger partial charge is 0.444 e. The molecular formula is C24H24F5N5O3. The van der Waals surface area contributed by atoms with E-state index in [-0.39, 0.29) is 29.8 Å². The smallest absolute Gasteiger partial charge is 0.434 e. The molecule has 3 heterocycles. The SMILES string of the molecule is C[C@H]1[C@H](F)C[C@@H](C(=O)NCc2cc(-c3cnc(C(F)(F)F)c(C#N)c3)ncc2F)N1C(=O)OC(C)(C)C. The van der Waals surface area contributed by atoms with Crippen molar-refractivity contribution >= 4 is 12.0 Å². The van der Waals surface area contributed by atoms with Crippen molar-refractivity contribution in [2.24, 2.45) is 0 Å². The maximum Gasteiger partial charge on any atom is 0.434 e. The van der Waals surface area contributed by atoms with E-state index in [1.807, 2.05) is 0 Å². The van der Waals surface area contributed by atoms with E-state index in [0.29, 0.717) is 0 Å². The summed E-state index contributed by atoms with van der Waals surface area (Å²) in [5.41, 5.74) is -3.01. The maximum absolute atomic E-state index is 14.4. The second-order valence-electron chi connectivity index (χ2n) is 9.50. The third kappa shape index (κ3) is 6.31. The quantitative estimate of drug-likeness (QED) is 0.588. The van der Waals surface area contributed by atoms with Gasteiger partial charge in [0.2, 0.25) is 5.91 Å². The normalized spacial score (nSPS) is 19.9. The number of hydrogen-bond donors (Lipinski definition) is 1. The minimum Gasteiger partial charge on any atom is -0.444 e. The van der Waals surface area contributed by atoms with Gasteiger partial charge in [-0.15, -0.1) is 0 Å². The Morgan fingerprint density at radius 3 is 2.49 bits per heavy atom. The fraction of sp³-hybridized carbons (Fsp3) is 0.458. The number of rotatable bonds is 4. The van der Waals surface area contributed by atoms with Crippen molar-refractivity contribution in [1.29, 1.82) is 5.26 Å². The van der Waals surface area contributed by atoms with Gasteiger partial charge in [-0.3, -0.25) is 14.7 Å². The van der Waals surface area contributed by atoms with Crippen LogP contribution < -0.4 is 5.32 Å². The standard InChI is InChI=1S/C24H24F5N5O3/c1-12-16(25)7-19(34(12)22(36)37-23(2,3)4)21(35)33-9-14-6-18(31-11-17(14)26)15-5-13(8-30)20(32-10-15)24(27,28)29/h5-6,10-12,16,19H,7,9H2,1-4H3,(H,33,35)/t12-,16+,19-/m0/s1. The first-order valence-electron chi connectivity index (χ1n) is 11.2. The molecule has 13 heteroatoms. The van der Waals surface area contributed by atoms with Gasteiger partial charge in [-0.2, -0.15) is 18.4 Å². The van der Waals surface area contributed by atoms with Crippen LogP contribution in [0.25, 0.3) is 11.3 Å². The van der Waals surface area contributed by atoms with Crippen molar-refractivity contribution in [3.05, 3.63) is 47.2 Å². The molecule has 0 radical (unpaired) electrons. The van der Waals surface area contributed by atoms with Crippen LogP contribution in [0.4, 0.5) is 26.7 Å². The first-order valence-corrected chi connectivity index (χ1v) is 11.2. The molecule has 2 aromatic rings. The average Bonchev–Trinajstić information content (AvgIpc) is 3.10. The molecule has 0 saturated carbocycles. The molecule has 1 saturated heterocycles. The molecule has 0 spiro atoms. The number of aromatic nitrogens is 2. The van der Waals surface area contributed by atoms with Crippen LogP contribution in [-0.4, -0.2) is 50.7 Å². The van der Waals surface area contributed by atoms with E-state index in [2.05, 4.69) is 15.3 Å². The van der Waals surface area contributed by atoms with Crippen molar-refractivity contribution in [1.82, 2.24) is 20.2 Å². The average molecular weight is 525 g/mol. The summed E-state index contributed by atoms with van der Waals surface area (Å²) in [5, 5.41) is 11.5. The summed E-state index contributed by atoms with van der Waals surface area (Å²) in [4.78, 5) is 33.6. The summed E-state index contributed by atoms with van der Waals surface area (Å²) >= 11 is 0. The molecule has 1 N–H and O–H groups in total. The molecule has 3 rings (SSSR count). The summed E-state index contributed by atoms with van der Waals surface area (Å²) in [7, 11) is 0. The molecule has 1 fully saturated rings. The highest BCUT2D eigenvalue weighted by Crippen LogP contribution is 2.32. The molecule has 1 aliphatic rings. The lowest BCUT2D eigenvalue weighted by Crippen LogP contribution is -2.50. The van der Waals surface area contributed by atoms with Gasteiger partial charge in [0.15, 0.2) is 5.69 Å². The monoisotopic (exact) mass is 525 g/mol. The molecule has 0 unspecified atom stereocenters. The molecule has 37 heavy (non-hydrogen) atoms. The number of nitrogens with one attached hydrogen (secondary N) is 1. The predicted molar refractivity (Wildman–Crippen MR) is 120 cm³/mol. The minimum absolute atomic E-state index is 0.0112. The van der Waals surface area contributed by atoms with Gasteiger partial charge in [-0.1, -0.05) is 0 Å². The zero-order valence-electron chi connectivity index (χ0n) is 20.4. The first kappa shape index (κ1) is 27.8. The molecule has 1 aliphatic heterocycles. The Morgan fingerprint density at radius 1 is 1.22 bits per heavy atom. The molecular weight excluding hydrogens is 501 g/mol. The van der Waals surface area contributed by atoms with Crippen LogP contribution in [0.1, 0.15) is 50.9 Å². The lowest BCUT2D eigenvalue weighted by atomic mass is 10.1. The summed E-state index contributed by atoms with van der Waals surface area (Å²) in [6.45, 7) is 5.95. The predicted octanol–water partition coefficient (Wildman–Crippen LogP) is 4.53. The van der Waals surface area contributed by atoms with Gasteiger partial charge in [-0.05, 0) is 39.8 Å². The molecule has 8 nitrogen and oxygen atoms in total. The summed E-state index contributed by atoms with van der Waals surface area (Å²) in [6.07, 6.45) is -5.78. The van der Waals surface area contributed by atoms with Crippen LogP contribution in [0.5, 0.6) is 0 Å². The van der Waals surface area contributed by atoms with Gasteiger partial charge in [0, 0.05) is 30.3 Å². The fourth-order valence-electron chi connectivity index (χ4n) is 3.81. The van der Waals surface area contributed by atoms with Crippen LogP contribution in [0.15, 0.2) is 24.5 Å². The number of amides is 2. The Balaban J connectivity index is 1.80. The van der Waals surface area contributed by atoms with Crippen LogP contribution in [0.3, 0.4) is 0 Å². The second-order valence-corrected chi connectivity index (χ2v) is 9.50. The van der Waals surface area contributed by atoms with E-state index >= 15 is 0 Å². The molecule has 0 aromatic carbocycles. The van der Waals surface area contributed by atoms with Crippen LogP contribution >= 0.6 is 0 Å². The number of halogens is 5. The highest BCUT2D eigenvalue weighted by Gasteiger charge is 2.46. The maximum atomic E-state index is 14.4. The second kappa shape index (κ2) is 10.3. The summed E-state index contributed by atoms with van der Waals surface area (Å²) < 4.78 is 73.2. The number of nitrogens with zero attached hydrogens (tertiary/aromatic N) is 4. The Hall–Kier alpha value is -3.82. The Kier molecular flexibility index (Phi) is 7.71. The van der Waals surface area contributed by atoms with Crippen LogP contribution in [0.2, 0.25) is 0 Å². The molecule has 2 amide bonds. The van der Waals surface area contributed by atoms with Gasteiger partial charge < -0.3 is 10.1 Å². The fourth-order valence-corrected chi connectivity index (χ4v) is 3.81. The van der Waals surface area contributed by atoms with Gasteiger partial charge in [0.25, 0.3) is 0 Å². The van der Waals surface area contributed by atoms with Crippen LogP contribution in [-0.2, 0) is 22.3 Å². The third-order valence-corrected chi connectivity index (χ3v) is 5.61. The Bertz CT molecular complexity index is 1240. The molecule has 3 atom stereocenters. The van der Waals surface area contributed by atoms with E-state index < -0.39 is 59.1 Å².